The minimum absolute atomic E-state index is 0.292. The molecular weight excluding hydrogens is 236 g/mol. The Labute approximate surface area is 90.6 Å². The van der Waals surface area contributed by atoms with Crippen molar-refractivity contribution in [2.75, 3.05) is 0 Å². The second-order valence-corrected chi connectivity index (χ2v) is 5.68. The van der Waals surface area contributed by atoms with E-state index in [9.17, 15) is 4.79 Å². The minimum atomic E-state index is -1.10. The van der Waals surface area contributed by atoms with Gasteiger partial charge in [-0.1, -0.05) is 0 Å². The van der Waals surface area contributed by atoms with Gasteiger partial charge in [-0.2, -0.15) is 0 Å². The highest BCUT2D eigenvalue weighted by Crippen LogP contribution is 2.34. The maximum Gasteiger partial charge on any atom is 0.357 e. The van der Waals surface area contributed by atoms with Crippen LogP contribution in [0.2, 0.25) is 0 Å². The summed E-state index contributed by atoms with van der Waals surface area (Å²) in [5.41, 5.74) is 0. The molecule has 1 aromatic rings. The predicted molar refractivity (Wildman–Crippen MR) is 53.6 cm³/mol. The summed E-state index contributed by atoms with van der Waals surface area (Å²) in [5.74, 6) is 0.864. The Morgan fingerprint density at radius 3 is 3.20 bits per heavy atom. The van der Waals surface area contributed by atoms with Crippen molar-refractivity contribution in [2.24, 2.45) is 0 Å². The van der Waals surface area contributed by atoms with Crippen molar-refractivity contribution in [1.82, 2.24) is 0 Å². The van der Waals surface area contributed by atoms with Gasteiger partial charge < -0.3 is 22.1 Å². The van der Waals surface area contributed by atoms with E-state index in [1.165, 1.54) is 13.2 Å². The molecule has 0 N–H and O–H groups in total. The lowest BCUT2D eigenvalue weighted by Gasteiger charge is -2.12. The highest BCUT2D eigenvalue weighted by molar-refractivity contribution is 6.35. The number of carbonyl (C=O) groups is 1. The smallest absolute Gasteiger partial charge is 0.357 e. The molecule has 0 fully saturated rings. The molecule has 0 amide bonds. The summed E-state index contributed by atoms with van der Waals surface area (Å²) in [6, 6.07) is 0. The number of esters is 1. The van der Waals surface area contributed by atoms with E-state index in [-0.39, 0.29) is 0 Å². The molecule has 0 saturated heterocycles. The molecule has 2 rings (SSSR count). The Morgan fingerprint density at radius 1 is 1.53 bits per heavy atom. The summed E-state index contributed by atoms with van der Waals surface area (Å²) in [4.78, 5) is 10.8. The fraction of sp³-hybridized carbons (Fsp3) is 0.286. The van der Waals surface area contributed by atoms with E-state index in [0.29, 0.717) is 23.9 Å². The zero-order valence-electron chi connectivity index (χ0n) is 8.15. The van der Waals surface area contributed by atoms with E-state index in [4.69, 9.17) is 22.1 Å². The fourth-order valence-corrected chi connectivity index (χ4v) is 2.94. The SMILES string of the molecule is CC(=O)Oc1coc2c1O[SiH2]O[SiH2]OC2. The molecule has 0 saturated carbocycles. The van der Waals surface area contributed by atoms with Crippen LogP contribution in [0.5, 0.6) is 11.5 Å². The maximum atomic E-state index is 10.8. The molecule has 0 spiro atoms. The summed E-state index contributed by atoms with van der Waals surface area (Å²) in [6.45, 7) is 1.62. The van der Waals surface area contributed by atoms with Crippen molar-refractivity contribution in [2.45, 2.75) is 13.5 Å². The van der Waals surface area contributed by atoms with Crippen molar-refractivity contribution in [3.8, 4) is 11.5 Å². The van der Waals surface area contributed by atoms with Gasteiger partial charge in [0, 0.05) is 6.92 Å². The largest absolute Gasteiger partial charge is 0.520 e. The Morgan fingerprint density at radius 2 is 2.40 bits per heavy atom. The van der Waals surface area contributed by atoms with Crippen molar-refractivity contribution in [1.29, 1.82) is 0 Å². The highest BCUT2D eigenvalue weighted by Gasteiger charge is 2.19. The van der Waals surface area contributed by atoms with Gasteiger partial charge in [0.1, 0.15) is 6.26 Å². The van der Waals surface area contributed by atoms with Crippen molar-refractivity contribution in [3.63, 3.8) is 0 Å². The van der Waals surface area contributed by atoms with Gasteiger partial charge in [-0.3, -0.25) is 4.79 Å². The van der Waals surface area contributed by atoms with Crippen LogP contribution in [-0.4, -0.2) is 26.0 Å². The van der Waals surface area contributed by atoms with Crippen LogP contribution in [0.25, 0.3) is 0 Å². The second kappa shape index (κ2) is 4.62. The summed E-state index contributed by atoms with van der Waals surface area (Å²) < 4.78 is 26.0. The number of fused-ring (bicyclic) bond motifs is 1. The summed E-state index contributed by atoms with van der Waals surface area (Å²) >= 11 is 0. The van der Waals surface area contributed by atoms with Crippen LogP contribution >= 0.6 is 0 Å². The van der Waals surface area contributed by atoms with E-state index < -0.39 is 26.0 Å². The van der Waals surface area contributed by atoms with Crippen LogP contribution in [0.4, 0.5) is 0 Å². The second-order valence-electron chi connectivity index (χ2n) is 2.88. The number of rotatable bonds is 1. The average molecular weight is 246 g/mol. The minimum Gasteiger partial charge on any atom is -0.520 e. The molecule has 0 unspecified atom stereocenters. The van der Waals surface area contributed by atoms with Gasteiger partial charge in [-0.15, -0.1) is 0 Å². The molecule has 6 nitrogen and oxygen atoms in total. The number of ether oxygens (including phenoxy) is 1. The predicted octanol–water partition coefficient (Wildman–Crippen LogP) is -0.872. The Hall–Kier alpha value is -1.10. The third-order valence-corrected chi connectivity index (χ3v) is 3.84. The molecule has 8 heteroatoms. The normalized spacial score (nSPS) is 19.0. The van der Waals surface area contributed by atoms with Gasteiger partial charge in [0.25, 0.3) is 10.0 Å². The summed E-state index contributed by atoms with van der Waals surface area (Å²) in [5, 5.41) is 0. The third kappa shape index (κ3) is 2.47. The molecule has 1 aliphatic heterocycles. The topological polar surface area (TPSA) is 67.1 Å². The standard InChI is InChI=1S/C7H10O6Si2/c1-4(8)11-6-2-9-5-3-10-14-13-15-12-7(5)6/h2H,3,14-15H2,1H3. The zero-order valence-corrected chi connectivity index (χ0v) is 11.0. The van der Waals surface area contributed by atoms with Crippen LogP contribution in [-0.2, 0) is 19.9 Å². The summed E-state index contributed by atoms with van der Waals surface area (Å²) in [7, 11) is -2.03. The first kappa shape index (κ1) is 10.4. The zero-order chi connectivity index (χ0) is 10.7. The number of hydrogen-bond acceptors (Lipinski definition) is 6. The van der Waals surface area contributed by atoms with E-state index in [1.54, 1.807) is 0 Å². The Balaban J connectivity index is 2.21. The highest BCUT2D eigenvalue weighted by atomic mass is 28.3. The Bertz CT molecular complexity index is 362. The lowest BCUT2D eigenvalue weighted by Crippen LogP contribution is -2.17. The quantitative estimate of drug-likeness (QED) is 0.474. The summed E-state index contributed by atoms with van der Waals surface area (Å²) in [6.07, 6.45) is 1.34. The average Bonchev–Trinajstić information content (AvgIpc) is 2.46. The first-order valence-electron chi connectivity index (χ1n) is 4.34. The molecule has 0 aromatic carbocycles. The molecule has 0 aliphatic carbocycles. The molecule has 1 aliphatic rings. The van der Waals surface area contributed by atoms with Gasteiger partial charge in [0.2, 0.25) is 5.75 Å². The van der Waals surface area contributed by atoms with Gasteiger partial charge in [-0.25, -0.2) is 0 Å². The van der Waals surface area contributed by atoms with Gasteiger partial charge in [0.05, 0.1) is 6.61 Å². The molecule has 82 valence electrons. The Kier molecular flexibility index (Phi) is 3.21. The molecule has 15 heavy (non-hydrogen) atoms. The molecule has 1 aromatic heterocycles. The van der Waals surface area contributed by atoms with E-state index in [0.717, 1.165) is 0 Å². The molecule has 0 atom stereocenters. The molecule has 2 heterocycles. The van der Waals surface area contributed by atoms with E-state index in [2.05, 4.69) is 0 Å². The molecule has 0 bridgehead atoms. The number of hydrogen-bond donors (Lipinski definition) is 0. The number of furan rings is 1. The molecule has 0 radical (unpaired) electrons. The van der Waals surface area contributed by atoms with Crippen molar-refractivity contribution in [3.05, 3.63) is 12.0 Å². The van der Waals surface area contributed by atoms with Gasteiger partial charge in [-0.05, 0) is 0 Å². The lowest BCUT2D eigenvalue weighted by atomic mass is 10.4. The lowest BCUT2D eigenvalue weighted by molar-refractivity contribution is -0.132. The van der Waals surface area contributed by atoms with Crippen molar-refractivity contribution >= 4 is 26.0 Å². The van der Waals surface area contributed by atoms with Crippen molar-refractivity contribution < 1.29 is 26.9 Å². The van der Waals surface area contributed by atoms with Crippen LogP contribution in [0, 0.1) is 0 Å². The van der Waals surface area contributed by atoms with Crippen LogP contribution in [0.1, 0.15) is 12.7 Å². The third-order valence-electron chi connectivity index (χ3n) is 1.73. The van der Waals surface area contributed by atoms with Gasteiger partial charge in [0.15, 0.2) is 11.5 Å². The monoisotopic (exact) mass is 246 g/mol. The van der Waals surface area contributed by atoms with Crippen LogP contribution in [0.3, 0.4) is 0 Å². The maximum absolute atomic E-state index is 10.8. The van der Waals surface area contributed by atoms with E-state index >= 15 is 0 Å². The fourth-order valence-electron chi connectivity index (χ4n) is 1.17. The molecular formula is C7H10O6Si2. The first-order chi connectivity index (χ1) is 7.27. The van der Waals surface area contributed by atoms with Crippen LogP contribution < -0.4 is 9.16 Å². The first-order valence-corrected chi connectivity index (χ1v) is 6.65. The van der Waals surface area contributed by atoms with E-state index in [1.807, 2.05) is 0 Å². The number of carbonyl (C=O) groups excluding carboxylic acids is 1. The van der Waals surface area contributed by atoms with Crippen LogP contribution in [0.15, 0.2) is 10.7 Å². The van der Waals surface area contributed by atoms with Gasteiger partial charge >= 0.3 is 16.0 Å².